The van der Waals surface area contributed by atoms with Crippen molar-refractivity contribution in [2.75, 3.05) is 37.6 Å². The number of benzene rings is 1. The Balaban J connectivity index is 2.09. The van der Waals surface area contributed by atoms with Gasteiger partial charge in [0.1, 0.15) is 5.82 Å². The minimum atomic E-state index is -0.151. The van der Waals surface area contributed by atoms with Gasteiger partial charge in [0, 0.05) is 32.7 Å². The quantitative estimate of drug-likeness (QED) is 0.886. The molecular weight excluding hydrogens is 229 g/mol. The molecule has 1 aromatic carbocycles. The van der Waals surface area contributed by atoms with Gasteiger partial charge in [0.25, 0.3) is 0 Å². The van der Waals surface area contributed by atoms with Crippen LogP contribution >= 0.6 is 0 Å². The number of hydrogen-bond donors (Lipinski definition) is 1. The molecule has 0 bridgehead atoms. The second-order valence-electron chi connectivity index (χ2n) is 4.78. The van der Waals surface area contributed by atoms with Gasteiger partial charge in [0.05, 0.1) is 5.69 Å². The highest BCUT2D eigenvalue weighted by atomic mass is 19.1. The lowest BCUT2D eigenvalue weighted by molar-refractivity contribution is 0.257. The van der Waals surface area contributed by atoms with Gasteiger partial charge in [-0.15, -0.1) is 0 Å². The van der Waals surface area contributed by atoms with Gasteiger partial charge in [-0.05, 0) is 24.6 Å². The van der Waals surface area contributed by atoms with Crippen LogP contribution in [0.25, 0.3) is 0 Å². The first kappa shape index (κ1) is 13.3. The van der Waals surface area contributed by atoms with E-state index in [4.69, 9.17) is 5.73 Å². The molecule has 2 rings (SSSR count). The van der Waals surface area contributed by atoms with Crippen molar-refractivity contribution in [1.29, 1.82) is 0 Å². The smallest absolute Gasteiger partial charge is 0.146 e. The molecule has 1 aliphatic heterocycles. The lowest BCUT2D eigenvalue weighted by atomic mass is 10.1. The van der Waals surface area contributed by atoms with Gasteiger partial charge in [0.15, 0.2) is 0 Å². The van der Waals surface area contributed by atoms with E-state index < -0.39 is 0 Å². The van der Waals surface area contributed by atoms with Crippen molar-refractivity contribution in [3.63, 3.8) is 0 Å². The van der Waals surface area contributed by atoms with E-state index in [0.717, 1.165) is 38.3 Å². The predicted molar refractivity (Wildman–Crippen MR) is 73.2 cm³/mol. The molecule has 1 fully saturated rings. The van der Waals surface area contributed by atoms with Crippen LogP contribution in [-0.4, -0.2) is 37.6 Å². The first-order chi connectivity index (χ1) is 8.76. The molecule has 3 nitrogen and oxygen atoms in total. The molecule has 0 radical (unpaired) electrons. The van der Waals surface area contributed by atoms with Crippen LogP contribution < -0.4 is 10.6 Å². The minimum absolute atomic E-state index is 0.151. The summed E-state index contributed by atoms with van der Waals surface area (Å²) < 4.78 is 14.0. The largest absolute Gasteiger partial charge is 0.366 e. The zero-order chi connectivity index (χ0) is 13.0. The molecule has 0 saturated carbocycles. The summed E-state index contributed by atoms with van der Waals surface area (Å²) in [6, 6.07) is 5.16. The van der Waals surface area contributed by atoms with Crippen LogP contribution in [0.5, 0.6) is 0 Å². The maximum atomic E-state index is 14.0. The lowest BCUT2D eigenvalue weighted by Crippen LogP contribution is -2.47. The molecule has 1 aromatic rings. The maximum Gasteiger partial charge on any atom is 0.146 e. The Hall–Kier alpha value is -1.13. The summed E-state index contributed by atoms with van der Waals surface area (Å²) in [5.41, 5.74) is 7.30. The number of rotatable bonds is 4. The van der Waals surface area contributed by atoms with Crippen molar-refractivity contribution >= 4 is 5.69 Å². The second-order valence-corrected chi connectivity index (χ2v) is 4.78. The fraction of sp³-hybridized carbons (Fsp3) is 0.571. The van der Waals surface area contributed by atoms with Crippen LogP contribution in [0.2, 0.25) is 0 Å². The Morgan fingerprint density at radius 3 is 2.56 bits per heavy atom. The first-order valence-electron chi connectivity index (χ1n) is 6.71. The summed E-state index contributed by atoms with van der Waals surface area (Å²) in [6.45, 7) is 7.49. The number of hydrogen-bond acceptors (Lipinski definition) is 3. The Kier molecular flexibility index (Phi) is 4.55. The lowest BCUT2D eigenvalue weighted by Gasteiger charge is -2.37. The first-order valence-corrected chi connectivity index (χ1v) is 6.71. The number of halogens is 1. The molecule has 0 amide bonds. The van der Waals surface area contributed by atoms with Gasteiger partial charge < -0.3 is 10.6 Å². The Labute approximate surface area is 108 Å². The van der Waals surface area contributed by atoms with E-state index in [9.17, 15) is 4.39 Å². The van der Waals surface area contributed by atoms with Crippen molar-refractivity contribution < 1.29 is 4.39 Å². The Morgan fingerprint density at radius 2 is 1.94 bits per heavy atom. The molecule has 1 saturated heterocycles. The van der Waals surface area contributed by atoms with Crippen molar-refractivity contribution in [2.45, 2.75) is 19.9 Å². The average Bonchev–Trinajstić information content (AvgIpc) is 2.40. The van der Waals surface area contributed by atoms with Gasteiger partial charge >= 0.3 is 0 Å². The fourth-order valence-corrected chi connectivity index (χ4v) is 2.59. The molecule has 1 aliphatic rings. The highest BCUT2D eigenvalue weighted by molar-refractivity contribution is 5.55. The normalized spacial score (nSPS) is 17.2. The summed E-state index contributed by atoms with van der Waals surface area (Å²) in [7, 11) is 0. The molecule has 0 atom stereocenters. The van der Waals surface area contributed by atoms with Gasteiger partial charge in [-0.1, -0.05) is 19.1 Å². The molecule has 1 heterocycles. The molecule has 4 heteroatoms. The number of anilines is 1. The van der Waals surface area contributed by atoms with Crippen molar-refractivity contribution in [3.05, 3.63) is 29.6 Å². The van der Waals surface area contributed by atoms with Crippen LogP contribution in [-0.2, 0) is 6.54 Å². The third-order valence-electron chi connectivity index (χ3n) is 3.52. The Morgan fingerprint density at radius 1 is 1.22 bits per heavy atom. The van der Waals surface area contributed by atoms with Crippen LogP contribution in [0.4, 0.5) is 10.1 Å². The molecule has 18 heavy (non-hydrogen) atoms. The van der Waals surface area contributed by atoms with Gasteiger partial charge in [0.2, 0.25) is 0 Å². The summed E-state index contributed by atoms with van der Waals surface area (Å²) in [4.78, 5) is 4.56. The van der Waals surface area contributed by atoms with Crippen molar-refractivity contribution in [1.82, 2.24) is 4.90 Å². The van der Waals surface area contributed by atoms with E-state index >= 15 is 0 Å². The predicted octanol–water partition coefficient (Wildman–Crippen LogP) is 1.82. The Bertz CT molecular complexity index is 387. The van der Waals surface area contributed by atoms with E-state index in [1.807, 2.05) is 6.07 Å². The second kappa shape index (κ2) is 6.16. The highest BCUT2D eigenvalue weighted by Crippen LogP contribution is 2.25. The monoisotopic (exact) mass is 251 g/mol. The summed E-state index contributed by atoms with van der Waals surface area (Å²) in [5, 5.41) is 0. The van der Waals surface area contributed by atoms with Crippen LogP contribution in [0, 0.1) is 5.82 Å². The zero-order valence-corrected chi connectivity index (χ0v) is 11.0. The van der Waals surface area contributed by atoms with E-state index in [1.165, 1.54) is 12.5 Å². The third-order valence-corrected chi connectivity index (χ3v) is 3.52. The molecule has 0 aliphatic carbocycles. The van der Waals surface area contributed by atoms with Gasteiger partial charge in [-0.3, -0.25) is 4.90 Å². The van der Waals surface area contributed by atoms with Gasteiger partial charge in [-0.25, -0.2) is 4.39 Å². The highest BCUT2D eigenvalue weighted by Gasteiger charge is 2.20. The number of nitrogens with zero attached hydrogens (tertiary/aromatic N) is 2. The van der Waals surface area contributed by atoms with Crippen LogP contribution in [0.1, 0.15) is 18.9 Å². The molecule has 0 aromatic heterocycles. The standard InChI is InChI=1S/C14H22FN3/c1-2-6-17-7-9-18(10-8-17)14-12(11-16)4-3-5-13(14)15/h3-5H,2,6-11,16H2,1H3. The van der Waals surface area contributed by atoms with Crippen LogP contribution in [0.15, 0.2) is 18.2 Å². The number of piperazine rings is 1. The molecule has 100 valence electrons. The topological polar surface area (TPSA) is 32.5 Å². The van der Waals surface area contributed by atoms with E-state index in [0.29, 0.717) is 12.2 Å². The van der Waals surface area contributed by atoms with Crippen molar-refractivity contribution in [3.8, 4) is 0 Å². The fourth-order valence-electron chi connectivity index (χ4n) is 2.59. The summed E-state index contributed by atoms with van der Waals surface area (Å²) >= 11 is 0. The molecule has 2 N–H and O–H groups in total. The average molecular weight is 251 g/mol. The number of nitrogens with two attached hydrogens (primary N) is 1. The SMILES string of the molecule is CCCN1CCN(c2c(F)cccc2CN)CC1. The van der Waals surface area contributed by atoms with Gasteiger partial charge in [-0.2, -0.15) is 0 Å². The molecule has 0 unspecified atom stereocenters. The minimum Gasteiger partial charge on any atom is -0.366 e. The molecule has 0 spiro atoms. The summed E-state index contributed by atoms with van der Waals surface area (Å²) in [5.74, 6) is -0.151. The van der Waals surface area contributed by atoms with E-state index in [1.54, 1.807) is 6.07 Å². The third kappa shape index (κ3) is 2.82. The van der Waals surface area contributed by atoms with Crippen molar-refractivity contribution in [2.24, 2.45) is 5.73 Å². The van der Waals surface area contributed by atoms with Crippen LogP contribution in [0.3, 0.4) is 0 Å². The molecular formula is C14H22FN3. The van der Waals surface area contributed by atoms with E-state index in [2.05, 4.69) is 16.7 Å². The summed E-state index contributed by atoms with van der Waals surface area (Å²) in [6.07, 6.45) is 1.17. The van der Waals surface area contributed by atoms with E-state index in [-0.39, 0.29) is 5.82 Å². The number of para-hydroxylation sites is 1. The zero-order valence-electron chi connectivity index (χ0n) is 11.0. The maximum absolute atomic E-state index is 14.0.